The molecule has 1 N–H and O–H groups in total. The van der Waals surface area contributed by atoms with Crippen LogP contribution < -0.4 is 10.2 Å². The first kappa shape index (κ1) is 23.5. The molecule has 0 saturated carbocycles. The summed E-state index contributed by atoms with van der Waals surface area (Å²) in [6.07, 6.45) is 2.90. The smallest absolute Gasteiger partial charge is 0.408 e. The molecule has 2 aromatic heterocycles. The molecule has 7 nitrogen and oxygen atoms in total. The molecular weight excluding hydrogens is 461 g/mol. The number of ether oxygens (including phenoxy) is 1. The highest BCUT2D eigenvalue weighted by molar-refractivity contribution is 6.43. The van der Waals surface area contributed by atoms with Gasteiger partial charge in [-0.25, -0.2) is 19.7 Å². The van der Waals surface area contributed by atoms with E-state index < -0.39 is 5.60 Å². The fourth-order valence-electron chi connectivity index (χ4n) is 3.80. The van der Waals surface area contributed by atoms with E-state index in [1.54, 1.807) is 12.3 Å². The van der Waals surface area contributed by atoms with Crippen LogP contribution in [0.2, 0.25) is 10.0 Å². The first-order valence-corrected chi connectivity index (χ1v) is 11.6. The quantitative estimate of drug-likeness (QED) is 0.496. The molecule has 3 aromatic rings. The number of piperidine rings is 1. The van der Waals surface area contributed by atoms with Crippen LogP contribution in [0, 0.1) is 0 Å². The number of hydrogen-bond donors (Lipinski definition) is 1. The molecule has 3 heterocycles. The van der Waals surface area contributed by atoms with Crippen molar-refractivity contribution in [2.24, 2.45) is 0 Å². The van der Waals surface area contributed by atoms with Crippen LogP contribution in [0.4, 0.5) is 10.6 Å². The lowest BCUT2D eigenvalue weighted by atomic mass is 9.90. The van der Waals surface area contributed by atoms with Crippen molar-refractivity contribution in [2.45, 2.75) is 51.7 Å². The second-order valence-electron chi connectivity index (χ2n) is 9.54. The second-order valence-corrected chi connectivity index (χ2v) is 10.3. The molecule has 1 aliphatic rings. The van der Waals surface area contributed by atoms with Crippen molar-refractivity contribution in [3.63, 3.8) is 0 Å². The summed E-state index contributed by atoms with van der Waals surface area (Å²) in [7, 11) is 0. The highest BCUT2D eigenvalue weighted by Gasteiger charge is 2.33. The number of benzene rings is 1. The Kier molecular flexibility index (Phi) is 6.38. The van der Waals surface area contributed by atoms with E-state index in [0.29, 0.717) is 26.9 Å². The topological polar surface area (TPSA) is 80.2 Å². The van der Waals surface area contributed by atoms with Crippen LogP contribution >= 0.6 is 23.2 Å². The number of fused-ring (bicyclic) bond motifs is 1. The van der Waals surface area contributed by atoms with E-state index in [1.165, 1.54) is 0 Å². The number of carbonyl (C=O) groups excluding carboxylic acids is 1. The largest absolute Gasteiger partial charge is 0.444 e. The summed E-state index contributed by atoms with van der Waals surface area (Å²) >= 11 is 12.5. The Bertz CT molecular complexity index is 1190. The van der Waals surface area contributed by atoms with Crippen LogP contribution in [0.15, 0.2) is 36.5 Å². The number of anilines is 1. The molecule has 1 aliphatic heterocycles. The average molecular weight is 488 g/mol. The van der Waals surface area contributed by atoms with Gasteiger partial charge in [-0.05, 0) is 58.7 Å². The maximum atomic E-state index is 12.2. The van der Waals surface area contributed by atoms with Gasteiger partial charge in [0.15, 0.2) is 5.65 Å². The summed E-state index contributed by atoms with van der Waals surface area (Å²) in [5, 5.41) is 3.98. The monoisotopic (exact) mass is 487 g/mol. The third kappa shape index (κ3) is 5.47. The minimum atomic E-state index is -0.520. The standard InChI is InChI=1S/C24H27Cl2N5O2/c1-23(2,3)33-22(32)30-24(4)10-12-31(13-11-24)19-14-27-21-18(28-19)9-8-17(29-21)15-6-5-7-16(25)20(15)26/h5-9,14H,10-13H2,1-4H3,(H,30,32). The highest BCUT2D eigenvalue weighted by Crippen LogP contribution is 2.33. The maximum Gasteiger partial charge on any atom is 0.408 e. The lowest BCUT2D eigenvalue weighted by Gasteiger charge is -2.40. The van der Waals surface area contributed by atoms with Crippen molar-refractivity contribution in [1.29, 1.82) is 0 Å². The van der Waals surface area contributed by atoms with Crippen molar-refractivity contribution >= 4 is 46.3 Å². The lowest BCUT2D eigenvalue weighted by molar-refractivity contribution is 0.0448. The molecule has 0 bridgehead atoms. The van der Waals surface area contributed by atoms with Gasteiger partial charge in [-0.3, -0.25) is 0 Å². The number of hydrogen-bond acceptors (Lipinski definition) is 6. The summed E-state index contributed by atoms with van der Waals surface area (Å²) < 4.78 is 5.41. The number of nitrogens with zero attached hydrogens (tertiary/aromatic N) is 4. The number of halogens is 2. The van der Waals surface area contributed by atoms with Crippen LogP contribution in [0.1, 0.15) is 40.5 Å². The molecule has 1 aromatic carbocycles. The Labute approximate surface area is 203 Å². The average Bonchev–Trinajstić information content (AvgIpc) is 2.74. The fourth-order valence-corrected chi connectivity index (χ4v) is 4.20. The van der Waals surface area contributed by atoms with Crippen LogP contribution in [0.3, 0.4) is 0 Å². The van der Waals surface area contributed by atoms with E-state index in [2.05, 4.69) is 20.2 Å². The number of aromatic nitrogens is 3. The summed E-state index contributed by atoms with van der Waals surface area (Å²) in [6.45, 7) is 9.12. The van der Waals surface area contributed by atoms with Gasteiger partial charge in [0, 0.05) is 24.2 Å². The predicted molar refractivity (Wildman–Crippen MR) is 132 cm³/mol. The Morgan fingerprint density at radius 3 is 2.55 bits per heavy atom. The van der Waals surface area contributed by atoms with E-state index in [0.717, 1.165) is 37.3 Å². The van der Waals surface area contributed by atoms with Gasteiger partial charge < -0.3 is 15.0 Å². The number of alkyl carbamates (subject to hydrolysis) is 1. The molecular formula is C24H27Cl2N5O2. The van der Waals surface area contributed by atoms with E-state index >= 15 is 0 Å². The fraction of sp³-hybridized carbons (Fsp3) is 0.417. The summed E-state index contributed by atoms with van der Waals surface area (Å²) in [5.74, 6) is 0.789. The van der Waals surface area contributed by atoms with Crippen molar-refractivity contribution < 1.29 is 9.53 Å². The summed E-state index contributed by atoms with van der Waals surface area (Å²) in [5.41, 5.74) is 1.85. The van der Waals surface area contributed by atoms with Crippen molar-refractivity contribution in [3.05, 3.63) is 46.6 Å². The molecule has 0 atom stereocenters. The van der Waals surface area contributed by atoms with Crippen molar-refractivity contribution in [3.8, 4) is 11.3 Å². The minimum Gasteiger partial charge on any atom is -0.444 e. The Morgan fingerprint density at radius 2 is 1.85 bits per heavy atom. The second kappa shape index (κ2) is 8.95. The maximum absolute atomic E-state index is 12.2. The Balaban J connectivity index is 1.46. The Morgan fingerprint density at radius 1 is 1.12 bits per heavy atom. The van der Waals surface area contributed by atoms with Gasteiger partial charge >= 0.3 is 6.09 Å². The molecule has 9 heteroatoms. The molecule has 0 unspecified atom stereocenters. The van der Waals surface area contributed by atoms with Crippen molar-refractivity contribution in [1.82, 2.24) is 20.3 Å². The zero-order valence-electron chi connectivity index (χ0n) is 19.2. The number of rotatable bonds is 3. The zero-order valence-corrected chi connectivity index (χ0v) is 20.7. The predicted octanol–water partition coefficient (Wildman–Crippen LogP) is 5.88. The molecule has 174 valence electrons. The van der Waals surface area contributed by atoms with Gasteiger partial charge in [-0.2, -0.15) is 0 Å². The zero-order chi connectivity index (χ0) is 23.8. The van der Waals surface area contributed by atoms with E-state index in [9.17, 15) is 4.79 Å². The molecule has 33 heavy (non-hydrogen) atoms. The van der Waals surface area contributed by atoms with Crippen LogP contribution in [0.5, 0.6) is 0 Å². The van der Waals surface area contributed by atoms with Gasteiger partial charge in [0.25, 0.3) is 0 Å². The molecule has 0 spiro atoms. The first-order chi connectivity index (χ1) is 15.5. The molecule has 0 radical (unpaired) electrons. The van der Waals surface area contributed by atoms with Crippen LogP contribution in [0.25, 0.3) is 22.4 Å². The van der Waals surface area contributed by atoms with Gasteiger partial charge in [-0.1, -0.05) is 35.3 Å². The summed E-state index contributed by atoms with van der Waals surface area (Å²) in [6, 6.07) is 9.22. The van der Waals surface area contributed by atoms with E-state index in [-0.39, 0.29) is 11.6 Å². The lowest BCUT2D eigenvalue weighted by Crippen LogP contribution is -2.54. The van der Waals surface area contributed by atoms with Crippen molar-refractivity contribution in [2.75, 3.05) is 18.0 Å². The molecule has 1 saturated heterocycles. The van der Waals surface area contributed by atoms with E-state index in [4.69, 9.17) is 32.9 Å². The number of carbonyl (C=O) groups is 1. The van der Waals surface area contributed by atoms with Gasteiger partial charge in [0.2, 0.25) is 0 Å². The van der Waals surface area contributed by atoms with Crippen LogP contribution in [-0.2, 0) is 4.74 Å². The molecule has 4 rings (SSSR count). The van der Waals surface area contributed by atoms with Gasteiger partial charge in [-0.15, -0.1) is 0 Å². The summed E-state index contributed by atoms with van der Waals surface area (Å²) in [4.78, 5) is 28.3. The molecule has 0 aliphatic carbocycles. The number of pyridine rings is 1. The molecule has 1 amide bonds. The van der Waals surface area contributed by atoms with E-state index in [1.807, 2.05) is 52.0 Å². The number of nitrogens with one attached hydrogen (secondary N) is 1. The van der Waals surface area contributed by atoms with Gasteiger partial charge in [0.05, 0.1) is 21.9 Å². The molecule has 1 fully saturated rings. The number of amides is 1. The Hall–Kier alpha value is -2.64. The first-order valence-electron chi connectivity index (χ1n) is 10.9. The third-order valence-corrected chi connectivity index (χ3v) is 6.43. The van der Waals surface area contributed by atoms with Crippen LogP contribution in [-0.4, -0.2) is 45.3 Å². The highest BCUT2D eigenvalue weighted by atomic mass is 35.5. The normalized spacial score (nSPS) is 16.0. The minimum absolute atomic E-state index is 0.324. The third-order valence-electron chi connectivity index (χ3n) is 5.61. The van der Waals surface area contributed by atoms with Gasteiger partial charge in [0.1, 0.15) is 16.9 Å². The SMILES string of the molecule is CC1(NC(=O)OC(C)(C)C)CCN(c2cnc3nc(-c4cccc(Cl)c4Cl)ccc3n2)CC1.